The van der Waals surface area contributed by atoms with Crippen LogP contribution in [0.25, 0.3) is 0 Å². The lowest BCUT2D eigenvalue weighted by molar-refractivity contribution is -0.144. The Bertz CT molecular complexity index is 3360. The second kappa shape index (κ2) is 26.7. The summed E-state index contributed by atoms with van der Waals surface area (Å²) in [5.41, 5.74) is 9.52. The van der Waals surface area contributed by atoms with Crippen LogP contribution in [0.5, 0.6) is 17.2 Å². The maximum Gasteiger partial charge on any atom is 0.307 e. The van der Waals surface area contributed by atoms with E-state index in [1.807, 2.05) is 118 Å². The fourth-order valence-electron chi connectivity index (χ4n) is 11.5. The zero-order valence-electron chi connectivity index (χ0n) is 53.3. The van der Waals surface area contributed by atoms with Crippen molar-refractivity contribution in [3.8, 4) is 29.1 Å². The summed E-state index contributed by atoms with van der Waals surface area (Å²) in [5.74, 6) is 6.63. The van der Waals surface area contributed by atoms with E-state index in [0.29, 0.717) is 46.7 Å². The summed E-state index contributed by atoms with van der Waals surface area (Å²) >= 11 is 0. The molecule has 3 amide bonds. The normalized spacial score (nSPS) is 19.0. The molecule has 8 rings (SSSR count). The Labute approximate surface area is 510 Å². The van der Waals surface area contributed by atoms with Gasteiger partial charge in [0.1, 0.15) is 31.8 Å². The Morgan fingerprint density at radius 3 is 1.94 bits per heavy atom. The van der Waals surface area contributed by atoms with Gasteiger partial charge in [0.25, 0.3) is 18.7 Å². The molecule has 6 atom stereocenters. The molecule has 0 fully saturated rings. The van der Waals surface area contributed by atoms with Gasteiger partial charge >= 0.3 is 5.97 Å². The Morgan fingerprint density at radius 2 is 1.34 bits per heavy atom. The van der Waals surface area contributed by atoms with Gasteiger partial charge in [-0.15, -0.1) is 0 Å². The van der Waals surface area contributed by atoms with Gasteiger partial charge in [0.2, 0.25) is 5.91 Å². The third-order valence-corrected chi connectivity index (χ3v) is 22.2. The Balaban J connectivity index is 0.983. The Morgan fingerprint density at radius 1 is 0.767 bits per heavy atom. The lowest BCUT2D eigenvalue weighted by Crippen LogP contribution is -2.55. The van der Waals surface area contributed by atoms with Crippen LogP contribution in [0, 0.1) is 30.6 Å². The number of amides is 3. The van der Waals surface area contributed by atoms with Crippen LogP contribution in [0.15, 0.2) is 90.3 Å². The number of carbonyl (C=O) groups excluding carboxylic acids is 5. The molecule has 4 aromatic rings. The number of aryl methyl sites for hydroxylation is 1. The predicted molar refractivity (Wildman–Crippen MR) is 340 cm³/mol. The van der Waals surface area contributed by atoms with Crippen molar-refractivity contribution in [3.05, 3.63) is 135 Å². The maximum atomic E-state index is 14.4. The average Bonchev–Trinajstić information content (AvgIpc) is 1.72. The van der Waals surface area contributed by atoms with Gasteiger partial charge in [-0.05, 0) is 136 Å². The third kappa shape index (κ3) is 14.7. The predicted octanol–water partition coefficient (Wildman–Crippen LogP) is 11.4. The number of methoxy groups -OCH3 is 1. The van der Waals surface area contributed by atoms with Crippen molar-refractivity contribution in [2.24, 2.45) is 11.8 Å². The van der Waals surface area contributed by atoms with E-state index in [0.717, 1.165) is 56.8 Å². The van der Waals surface area contributed by atoms with Gasteiger partial charge in [0.05, 0.1) is 54.2 Å². The molecule has 4 aromatic carbocycles. The van der Waals surface area contributed by atoms with Crippen molar-refractivity contribution >= 4 is 56.1 Å². The van der Waals surface area contributed by atoms with Crippen LogP contribution in [0.2, 0.25) is 31.3 Å². The number of ketones is 1. The molecule has 86 heavy (non-hydrogen) atoms. The van der Waals surface area contributed by atoms with Crippen molar-refractivity contribution in [1.82, 2.24) is 15.1 Å². The monoisotopic (exact) mass is 1190 g/mol. The number of nitrogens with zero attached hydrogens (tertiary/aromatic N) is 4. The van der Waals surface area contributed by atoms with Crippen LogP contribution in [0.1, 0.15) is 142 Å². The van der Waals surface area contributed by atoms with Gasteiger partial charge in [-0.3, -0.25) is 24.0 Å². The summed E-state index contributed by atoms with van der Waals surface area (Å²) in [7, 11) is 3.27. The summed E-state index contributed by atoms with van der Waals surface area (Å²) in [6.45, 7) is 26.2. The van der Waals surface area contributed by atoms with Crippen molar-refractivity contribution in [2.75, 3.05) is 31.0 Å². The summed E-state index contributed by atoms with van der Waals surface area (Å²) < 4.78 is 32.0. The quantitative estimate of drug-likeness (QED) is 0.0458. The molecule has 458 valence electrons. The summed E-state index contributed by atoms with van der Waals surface area (Å²) in [6.07, 6.45) is 5.78. The van der Waals surface area contributed by atoms with E-state index in [2.05, 4.69) is 81.6 Å². The zero-order chi connectivity index (χ0) is 62.7. The minimum atomic E-state index is -2.31. The molecule has 4 aliphatic heterocycles. The molecule has 0 unspecified atom stereocenters. The third-order valence-electron chi connectivity index (χ3n) is 17.8. The first kappa shape index (κ1) is 64.7. The molecule has 0 saturated heterocycles. The number of carbonyl (C=O) groups is 5. The van der Waals surface area contributed by atoms with Crippen molar-refractivity contribution in [2.45, 2.75) is 183 Å². The number of Topliss-reactive ketones (excluding diaryl/α,β-unsaturated/α-hetero) is 1. The number of likely N-dealkylation sites (N-methyl/N-ethyl adjacent to an activating group) is 2. The largest absolute Gasteiger partial charge is 0.493 e. The van der Waals surface area contributed by atoms with Crippen molar-refractivity contribution in [1.29, 1.82) is 0 Å². The molecule has 18 heteroatoms. The molecule has 0 bridgehead atoms. The molecular weight excluding hydrogens is 1100 g/mol. The van der Waals surface area contributed by atoms with Gasteiger partial charge < -0.3 is 53.3 Å². The van der Waals surface area contributed by atoms with Gasteiger partial charge in [-0.25, -0.2) is 0 Å². The molecule has 0 radical (unpaired) electrons. The van der Waals surface area contributed by atoms with Crippen molar-refractivity contribution in [3.63, 3.8) is 0 Å². The number of nitrogens with one attached hydrogen (secondary N) is 1. The lowest BCUT2D eigenvalue weighted by atomic mass is 9.62. The van der Waals surface area contributed by atoms with Crippen LogP contribution in [-0.4, -0.2) is 111 Å². The number of ether oxygens (including phenoxy) is 4. The highest BCUT2D eigenvalue weighted by Gasteiger charge is 2.48. The summed E-state index contributed by atoms with van der Waals surface area (Å²) in [4.78, 5) is 75.5. The number of rotatable bonds is 21. The molecule has 0 spiro atoms. The molecule has 0 saturated carbocycles. The SMILES string of the molecule is COc1cc2c(cc1OCc1cc(C#CCCC(=O)OCc3ccc(CC(=O)[C@H](C)NC(=O)[C@@H](CB(C)O)C(C)C)cc3)cc(COc3cc4c(cc3C)C(=O)N3C=C(C)C[C@H]3[C@H](O[Si](C)(C)C(C)(C)C)N4C)c1)N(C)[C@@H](C)[C@@H]1CC(C)=CN1C2=O. The fraction of sp³-hybridized carbons (Fsp3) is 0.485. The number of esters is 1. The zero-order valence-corrected chi connectivity index (χ0v) is 54.3. The smallest absolute Gasteiger partial charge is 0.307 e. The van der Waals surface area contributed by atoms with E-state index >= 15 is 0 Å². The number of hydrogen-bond acceptors (Lipinski definition) is 13. The number of fused-ring (bicyclic) bond motifs is 4. The highest BCUT2D eigenvalue weighted by molar-refractivity contribution is 6.74. The molecule has 4 heterocycles. The highest BCUT2D eigenvalue weighted by Crippen LogP contribution is 2.45. The van der Waals surface area contributed by atoms with Crippen LogP contribution >= 0.6 is 0 Å². The second-order valence-corrected chi connectivity index (χ2v) is 30.8. The molecule has 4 aliphatic rings. The number of benzene rings is 4. The second-order valence-electron chi connectivity index (χ2n) is 26.0. The summed E-state index contributed by atoms with van der Waals surface area (Å²) in [5, 5.41) is 12.7. The first-order chi connectivity index (χ1) is 40.5. The number of hydrogen-bond donors (Lipinski definition) is 2. The van der Waals surface area contributed by atoms with E-state index in [-0.39, 0.29) is 97.9 Å². The average molecular weight is 1190 g/mol. The molecular formula is C68H88BN5O11Si. The van der Waals surface area contributed by atoms with Gasteiger partial charge in [-0.1, -0.05) is 88.7 Å². The van der Waals surface area contributed by atoms with E-state index in [9.17, 15) is 29.0 Å². The van der Waals surface area contributed by atoms with E-state index in [1.54, 1.807) is 26.9 Å². The molecule has 0 aromatic heterocycles. The van der Waals surface area contributed by atoms with Gasteiger partial charge in [0.15, 0.2) is 25.6 Å². The lowest BCUT2D eigenvalue weighted by Gasteiger charge is -2.44. The molecule has 16 nitrogen and oxygen atoms in total. The van der Waals surface area contributed by atoms with Gasteiger partial charge in [0, 0.05) is 69.0 Å². The first-order valence-electron chi connectivity index (χ1n) is 30.2. The topological polar surface area (TPSA) is 177 Å². The van der Waals surface area contributed by atoms with Crippen LogP contribution in [-0.2, 0) is 49.8 Å². The van der Waals surface area contributed by atoms with Gasteiger partial charge in [-0.2, -0.15) is 0 Å². The van der Waals surface area contributed by atoms with E-state index < -0.39 is 33.2 Å². The minimum absolute atomic E-state index is 0.00126. The van der Waals surface area contributed by atoms with Crippen LogP contribution in [0.3, 0.4) is 0 Å². The van der Waals surface area contributed by atoms with Crippen molar-refractivity contribution < 1.29 is 52.4 Å². The van der Waals surface area contributed by atoms with Crippen LogP contribution in [0.4, 0.5) is 11.4 Å². The summed E-state index contributed by atoms with van der Waals surface area (Å²) in [6, 6.07) is 19.8. The highest BCUT2D eigenvalue weighted by atomic mass is 28.4. The number of anilines is 2. The first-order valence-corrected chi connectivity index (χ1v) is 33.1. The minimum Gasteiger partial charge on any atom is -0.493 e. The Kier molecular flexibility index (Phi) is 20.1. The molecule has 2 N–H and O–H groups in total. The van der Waals surface area contributed by atoms with E-state index in [1.165, 1.54) is 0 Å². The fourth-order valence-corrected chi connectivity index (χ4v) is 12.8. The Hall–Kier alpha value is -7.33. The standard InChI is InChI=1S/C68H88BN5O11Si/c1-41(2)54(35-69(11)80)64(77)70-45(6)59(75)31-47-21-23-48(24-22-47)38-84-63(76)20-18-17-19-49-28-50(30-51(29-49)40-83-62-34-56-53(32-61(62)81-14)66(79)73-36-42(3)25-55(73)46(7)71(56)12)39-82-60-33-57-52(27-44(60)5)65(78)74-37-43(4)26-58(74)67(72(57)13)85-86(15,16)68(8,9)10/h21-24,27-30,32-34,36-37,41,45-46,54-55,58,67,80H,18,20,25-26,31,35,38-40H2,1-16H3,(H,70,77)/t45-,46-,54-,55-,58-,67-/m0/s1. The maximum absolute atomic E-state index is 14.4. The van der Waals surface area contributed by atoms with E-state index in [4.69, 9.17) is 23.4 Å². The molecule has 0 aliphatic carbocycles. The van der Waals surface area contributed by atoms with Crippen LogP contribution < -0.4 is 29.3 Å².